The molecule has 2 aliphatic rings. The van der Waals surface area contributed by atoms with Gasteiger partial charge in [0.1, 0.15) is 17.9 Å². The Morgan fingerprint density at radius 3 is 2.32 bits per heavy atom. The smallest absolute Gasteiger partial charge is 0.325 e. The van der Waals surface area contributed by atoms with E-state index in [1.807, 2.05) is 0 Å². The van der Waals surface area contributed by atoms with E-state index in [4.69, 9.17) is 0 Å². The summed E-state index contributed by atoms with van der Waals surface area (Å²) in [5.41, 5.74) is -0.438. The van der Waals surface area contributed by atoms with E-state index in [1.54, 1.807) is 0 Å². The highest BCUT2D eigenvalue weighted by Crippen LogP contribution is 2.32. The Hall–Kier alpha value is -2.44. The second-order valence-electron chi connectivity index (χ2n) is 6.73. The highest BCUT2D eigenvalue weighted by atomic mass is 19.1. The van der Waals surface area contributed by atoms with Crippen molar-refractivity contribution >= 4 is 23.5 Å². The van der Waals surface area contributed by atoms with Gasteiger partial charge in [0, 0.05) is 5.69 Å². The van der Waals surface area contributed by atoms with Gasteiger partial charge in [0.15, 0.2) is 0 Å². The fraction of sp³-hybridized carbons (Fsp3) is 0.500. The molecular weight excluding hydrogens is 325 g/mol. The molecule has 1 saturated carbocycles. The highest BCUT2D eigenvalue weighted by Gasteiger charge is 2.50. The van der Waals surface area contributed by atoms with Crippen molar-refractivity contribution in [3.05, 3.63) is 30.1 Å². The molecule has 4 amide bonds. The Labute approximate surface area is 145 Å². The van der Waals surface area contributed by atoms with Crippen molar-refractivity contribution in [1.82, 2.24) is 10.2 Å². The Morgan fingerprint density at radius 2 is 1.68 bits per heavy atom. The summed E-state index contributed by atoms with van der Waals surface area (Å²) in [5.74, 6) is -1.20. The predicted octanol–water partition coefficient (Wildman–Crippen LogP) is 2.80. The summed E-state index contributed by atoms with van der Waals surface area (Å²) in [6.45, 7) is -0.343. The quantitative estimate of drug-likeness (QED) is 0.825. The van der Waals surface area contributed by atoms with Crippen molar-refractivity contribution in [2.24, 2.45) is 0 Å². The number of halogens is 1. The molecule has 1 saturated heterocycles. The van der Waals surface area contributed by atoms with E-state index in [-0.39, 0.29) is 12.5 Å². The molecule has 7 heteroatoms. The van der Waals surface area contributed by atoms with E-state index < -0.39 is 23.3 Å². The molecule has 0 atom stereocenters. The number of rotatable bonds is 3. The molecule has 1 aromatic rings. The molecule has 25 heavy (non-hydrogen) atoms. The normalized spacial score (nSPS) is 20.1. The number of nitrogens with one attached hydrogen (secondary N) is 2. The van der Waals surface area contributed by atoms with Gasteiger partial charge < -0.3 is 10.6 Å². The van der Waals surface area contributed by atoms with E-state index in [1.165, 1.54) is 24.3 Å². The average Bonchev–Trinajstić information content (AvgIpc) is 2.78. The Bertz CT molecular complexity index is 667. The van der Waals surface area contributed by atoms with Crippen LogP contribution in [0.2, 0.25) is 0 Å². The number of carbonyl (C=O) groups excluding carboxylic acids is 3. The van der Waals surface area contributed by atoms with Crippen molar-refractivity contribution in [1.29, 1.82) is 0 Å². The lowest BCUT2D eigenvalue weighted by Gasteiger charge is -2.28. The van der Waals surface area contributed by atoms with Gasteiger partial charge in [0.05, 0.1) is 0 Å². The van der Waals surface area contributed by atoms with Crippen molar-refractivity contribution in [3.8, 4) is 0 Å². The summed E-state index contributed by atoms with van der Waals surface area (Å²) in [4.78, 5) is 38.2. The van der Waals surface area contributed by atoms with Gasteiger partial charge in [-0.2, -0.15) is 0 Å². The maximum atomic E-state index is 12.9. The van der Waals surface area contributed by atoms with Crippen LogP contribution < -0.4 is 10.6 Å². The largest absolute Gasteiger partial charge is 0.325 e. The Kier molecular flexibility index (Phi) is 5.01. The molecule has 0 bridgehead atoms. The third kappa shape index (κ3) is 3.81. The van der Waals surface area contributed by atoms with Crippen LogP contribution in [0.15, 0.2) is 24.3 Å². The van der Waals surface area contributed by atoms with Crippen LogP contribution in [-0.4, -0.2) is 34.8 Å². The van der Waals surface area contributed by atoms with Crippen molar-refractivity contribution in [3.63, 3.8) is 0 Å². The minimum atomic E-state index is -0.854. The molecule has 1 aromatic carbocycles. The number of hydrogen-bond donors (Lipinski definition) is 2. The topological polar surface area (TPSA) is 78.5 Å². The third-order valence-corrected chi connectivity index (χ3v) is 4.88. The summed E-state index contributed by atoms with van der Waals surface area (Å²) < 4.78 is 12.9. The van der Waals surface area contributed by atoms with Crippen molar-refractivity contribution < 1.29 is 18.8 Å². The summed E-state index contributed by atoms with van der Waals surface area (Å²) in [6.07, 6.45) is 6.28. The van der Waals surface area contributed by atoms with Crippen LogP contribution in [0, 0.1) is 5.82 Å². The lowest BCUT2D eigenvalue weighted by Crippen LogP contribution is -2.47. The maximum absolute atomic E-state index is 12.9. The first-order valence-electron chi connectivity index (χ1n) is 8.70. The molecule has 1 aliphatic heterocycles. The zero-order valence-corrected chi connectivity index (χ0v) is 14.0. The van der Waals surface area contributed by atoms with Crippen LogP contribution in [0.1, 0.15) is 44.9 Å². The standard InChI is InChI=1S/C18H22FN3O3/c19-13-6-8-14(9-7-13)20-15(23)12-22-16(24)18(21-17(22)25)10-4-2-1-3-5-11-18/h6-9H,1-5,10-12H2,(H,20,23)(H,21,25). The predicted molar refractivity (Wildman–Crippen MR) is 90.3 cm³/mol. The summed E-state index contributed by atoms with van der Waals surface area (Å²) >= 11 is 0. The first-order chi connectivity index (χ1) is 12.0. The first kappa shape index (κ1) is 17.4. The molecule has 6 nitrogen and oxygen atoms in total. The number of carbonyl (C=O) groups is 3. The lowest BCUT2D eigenvalue weighted by atomic mass is 9.84. The number of hydrogen-bond acceptors (Lipinski definition) is 3. The molecule has 2 fully saturated rings. The zero-order valence-electron chi connectivity index (χ0n) is 14.0. The maximum Gasteiger partial charge on any atom is 0.325 e. The van der Waals surface area contributed by atoms with Crippen LogP contribution in [0.5, 0.6) is 0 Å². The van der Waals surface area contributed by atoms with Gasteiger partial charge >= 0.3 is 6.03 Å². The second kappa shape index (κ2) is 7.21. The van der Waals surface area contributed by atoms with E-state index in [9.17, 15) is 18.8 Å². The van der Waals surface area contributed by atoms with Crippen molar-refractivity contribution in [2.45, 2.75) is 50.5 Å². The molecule has 1 spiro atoms. The van der Waals surface area contributed by atoms with E-state index in [2.05, 4.69) is 10.6 Å². The molecule has 1 heterocycles. The van der Waals surface area contributed by atoms with Gasteiger partial charge in [-0.3, -0.25) is 14.5 Å². The molecule has 0 unspecified atom stereocenters. The van der Waals surface area contributed by atoms with E-state index in [0.29, 0.717) is 18.5 Å². The lowest BCUT2D eigenvalue weighted by molar-refractivity contribution is -0.134. The van der Waals surface area contributed by atoms with Gasteiger partial charge in [-0.1, -0.05) is 32.1 Å². The van der Waals surface area contributed by atoms with Gasteiger partial charge in [-0.15, -0.1) is 0 Å². The van der Waals surface area contributed by atoms with Gasteiger partial charge in [0.25, 0.3) is 5.91 Å². The summed E-state index contributed by atoms with van der Waals surface area (Å²) in [7, 11) is 0. The number of imide groups is 1. The highest BCUT2D eigenvalue weighted by molar-refractivity contribution is 6.10. The Balaban J connectivity index is 1.65. The van der Waals surface area contributed by atoms with Gasteiger partial charge in [-0.25, -0.2) is 9.18 Å². The zero-order chi connectivity index (χ0) is 17.9. The summed E-state index contributed by atoms with van der Waals surface area (Å²) in [5, 5.41) is 5.39. The molecule has 3 rings (SSSR count). The molecule has 2 N–H and O–H groups in total. The SMILES string of the molecule is O=C(CN1C(=O)NC2(CCCCCCC2)C1=O)Nc1ccc(F)cc1. The van der Waals surface area contributed by atoms with Crippen LogP contribution in [0.4, 0.5) is 14.9 Å². The molecule has 1 aliphatic carbocycles. The average molecular weight is 347 g/mol. The van der Waals surface area contributed by atoms with Gasteiger partial charge in [-0.05, 0) is 37.1 Å². The molecule has 0 radical (unpaired) electrons. The monoisotopic (exact) mass is 347 g/mol. The fourth-order valence-corrected chi connectivity index (χ4v) is 3.54. The van der Waals surface area contributed by atoms with Crippen LogP contribution in [0.25, 0.3) is 0 Å². The third-order valence-electron chi connectivity index (χ3n) is 4.88. The van der Waals surface area contributed by atoms with Crippen molar-refractivity contribution in [2.75, 3.05) is 11.9 Å². The van der Waals surface area contributed by atoms with Crippen LogP contribution >= 0.6 is 0 Å². The number of urea groups is 1. The number of nitrogens with zero attached hydrogens (tertiary/aromatic N) is 1. The molecular formula is C18H22FN3O3. The minimum absolute atomic E-state index is 0.311. The van der Waals surface area contributed by atoms with Crippen LogP contribution in [-0.2, 0) is 9.59 Å². The number of benzene rings is 1. The second-order valence-corrected chi connectivity index (χ2v) is 6.73. The fourth-order valence-electron chi connectivity index (χ4n) is 3.54. The number of anilines is 1. The molecule has 134 valence electrons. The first-order valence-corrected chi connectivity index (χ1v) is 8.70. The number of amides is 4. The Morgan fingerprint density at radius 1 is 1.08 bits per heavy atom. The van der Waals surface area contributed by atoms with Crippen LogP contribution in [0.3, 0.4) is 0 Å². The van der Waals surface area contributed by atoms with E-state index >= 15 is 0 Å². The van der Waals surface area contributed by atoms with E-state index in [0.717, 1.165) is 37.0 Å². The summed E-state index contributed by atoms with van der Waals surface area (Å²) in [6, 6.07) is 4.80. The van der Waals surface area contributed by atoms with Gasteiger partial charge in [0.2, 0.25) is 5.91 Å². The molecule has 0 aromatic heterocycles. The minimum Gasteiger partial charge on any atom is -0.325 e.